The molecule has 7 nitrogen and oxygen atoms in total. The summed E-state index contributed by atoms with van der Waals surface area (Å²) in [6, 6.07) is 12.2. The third-order valence-corrected chi connectivity index (χ3v) is 5.43. The summed E-state index contributed by atoms with van der Waals surface area (Å²) in [6.07, 6.45) is 2.27. The van der Waals surface area contributed by atoms with Gasteiger partial charge in [0.2, 0.25) is 0 Å². The zero-order valence-electron chi connectivity index (χ0n) is 15.7. The molecule has 0 spiro atoms. The van der Waals surface area contributed by atoms with Gasteiger partial charge in [0.15, 0.2) is 0 Å². The zero-order chi connectivity index (χ0) is 20.0. The van der Waals surface area contributed by atoms with Gasteiger partial charge in [0.25, 0.3) is 5.56 Å². The van der Waals surface area contributed by atoms with Crippen molar-refractivity contribution in [1.29, 1.82) is 0 Å². The van der Waals surface area contributed by atoms with Crippen LogP contribution in [0.4, 0.5) is 10.1 Å². The van der Waals surface area contributed by atoms with E-state index >= 15 is 0 Å². The maximum absolute atomic E-state index is 14.3. The Kier molecular flexibility index (Phi) is 4.21. The van der Waals surface area contributed by atoms with Gasteiger partial charge < -0.3 is 21.5 Å². The molecule has 1 atom stereocenters. The van der Waals surface area contributed by atoms with Gasteiger partial charge in [-0.25, -0.2) is 14.1 Å². The molecule has 2 aromatic carbocycles. The summed E-state index contributed by atoms with van der Waals surface area (Å²) in [6.45, 7) is 2.00. The van der Waals surface area contributed by atoms with E-state index in [2.05, 4.69) is 20.6 Å². The Labute approximate surface area is 165 Å². The van der Waals surface area contributed by atoms with Crippen molar-refractivity contribution in [3.63, 3.8) is 0 Å². The summed E-state index contributed by atoms with van der Waals surface area (Å²) >= 11 is 0. The fraction of sp³-hybridized carbons (Fsp3) is 0.238. The molecule has 1 saturated heterocycles. The number of H-pyrrole nitrogens is 1. The number of piperidine rings is 1. The molecule has 0 saturated carbocycles. The molecule has 0 aliphatic carbocycles. The Morgan fingerprint density at radius 3 is 2.97 bits per heavy atom. The predicted molar refractivity (Wildman–Crippen MR) is 113 cm³/mol. The SMILES string of the molecule is Nn1c(=O)c(-c2nc3ccc(NC4CCCNC4)cc3[nH]2)cc2c(F)cccc21. The van der Waals surface area contributed by atoms with Gasteiger partial charge in [0, 0.05) is 23.7 Å². The lowest BCUT2D eigenvalue weighted by molar-refractivity contribution is 0.480. The topological polar surface area (TPSA) is 101 Å². The van der Waals surface area contributed by atoms with Crippen molar-refractivity contribution in [3.8, 4) is 11.4 Å². The molecule has 2 aromatic heterocycles. The van der Waals surface area contributed by atoms with E-state index in [0.29, 0.717) is 17.4 Å². The summed E-state index contributed by atoms with van der Waals surface area (Å²) < 4.78 is 15.2. The monoisotopic (exact) mass is 392 g/mol. The number of rotatable bonds is 3. The molecular weight excluding hydrogens is 371 g/mol. The first-order chi connectivity index (χ1) is 14.1. The molecule has 8 heteroatoms. The molecule has 1 fully saturated rings. The Hall–Kier alpha value is -3.39. The summed E-state index contributed by atoms with van der Waals surface area (Å²) in [5, 5.41) is 7.19. The maximum Gasteiger partial charge on any atom is 0.280 e. The van der Waals surface area contributed by atoms with Crippen LogP contribution in [0.3, 0.4) is 0 Å². The summed E-state index contributed by atoms with van der Waals surface area (Å²) in [5.41, 5.74) is 2.64. The standard InChI is InChI=1S/C21H21FN6O/c22-16-4-1-5-19-14(16)10-15(21(29)28(19)23)20-26-17-7-6-12(9-18(17)27-20)25-13-3-2-8-24-11-13/h1,4-7,9-10,13,24-25H,2-3,8,11,23H2,(H,26,27). The largest absolute Gasteiger partial charge is 0.381 e. The number of benzene rings is 2. The van der Waals surface area contributed by atoms with Gasteiger partial charge in [0.1, 0.15) is 11.6 Å². The highest BCUT2D eigenvalue weighted by atomic mass is 19.1. The Morgan fingerprint density at radius 2 is 2.14 bits per heavy atom. The second kappa shape index (κ2) is 6.89. The average Bonchev–Trinajstić information content (AvgIpc) is 3.15. The van der Waals surface area contributed by atoms with Crippen LogP contribution in [0, 0.1) is 5.82 Å². The lowest BCUT2D eigenvalue weighted by Gasteiger charge is -2.24. The number of aromatic nitrogens is 3. The van der Waals surface area contributed by atoms with Crippen LogP contribution >= 0.6 is 0 Å². The summed E-state index contributed by atoms with van der Waals surface area (Å²) in [4.78, 5) is 20.4. The number of hydrogen-bond donors (Lipinski definition) is 4. The number of halogens is 1. The number of pyridine rings is 1. The first kappa shape index (κ1) is 17.7. The number of fused-ring (bicyclic) bond motifs is 2. The maximum atomic E-state index is 14.3. The normalized spacial score (nSPS) is 17.1. The van der Waals surface area contributed by atoms with E-state index in [1.807, 2.05) is 18.2 Å². The minimum Gasteiger partial charge on any atom is -0.381 e. The van der Waals surface area contributed by atoms with E-state index in [0.717, 1.165) is 47.3 Å². The second-order valence-electron chi connectivity index (χ2n) is 7.41. The molecule has 0 radical (unpaired) electrons. The quantitative estimate of drug-likeness (QED) is 0.402. The Morgan fingerprint density at radius 1 is 1.24 bits per heavy atom. The van der Waals surface area contributed by atoms with Gasteiger partial charge >= 0.3 is 0 Å². The Bertz CT molecular complexity index is 1270. The highest BCUT2D eigenvalue weighted by Gasteiger charge is 2.16. The smallest absolute Gasteiger partial charge is 0.280 e. The van der Waals surface area contributed by atoms with Crippen LogP contribution in [0.25, 0.3) is 33.3 Å². The number of nitrogens with two attached hydrogens (primary N) is 1. The number of nitrogens with one attached hydrogen (secondary N) is 3. The fourth-order valence-electron chi connectivity index (χ4n) is 3.93. The highest BCUT2D eigenvalue weighted by molar-refractivity contribution is 5.86. The van der Waals surface area contributed by atoms with Crippen molar-refractivity contribution >= 4 is 27.6 Å². The molecule has 1 unspecified atom stereocenters. The molecular formula is C21H21FN6O. The van der Waals surface area contributed by atoms with E-state index < -0.39 is 11.4 Å². The van der Waals surface area contributed by atoms with Crippen molar-refractivity contribution in [2.24, 2.45) is 0 Å². The van der Waals surface area contributed by atoms with E-state index in [4.69, 9.17) is 5.84 Å². The molecule has 29 heavy (non-hydrogen) atoms. The van der Waals surface area contributed by atoms with Crippen molar-refractivity contribution < 1.29 is 4.39 Å². The lowest BCUT2D eigenvalue weighted by Crippen LogP contribution is -2.38. The van der Waals surface area contributed by atoms with E-state index in [1.165, 1.54) is 18.2 Å². The summed E-state index contributed by atoms with van der Waals surface area (Å²) in [5.74, 6) is 5.86. The number of nitrogen functional groups attached to an aromatic ring is 1. The molecule has 4 aromatic rings. The first-order valence-corrected chi connectivity index (χ1v) is 9.67. The zero-order valence-corrected chi connectivity index (χ0v) is 15.7. The molecule has 0 amide bonds. The van der Waals surface area contributed by atoms with Crippen LogP contribution in [-0.4, -0.2) is 33.8 Å². The minimum absolute atomic E-state index is 0.229. The van der Waals surface area contributed by atoms with E-state index in [9.17, 15) is 9.18 Å². The van der Waals surface area contributed by atoms with Gasteiger partial charge in [-0.2, -0.15) is 0 Å². The molecule has 1 aliphatic rings. The van der Waals surface area contributed by atoms with Crippen LogP contribution in [0.1, 0.15) is 12.8 Å². The van der Waals surface area contributed by atoms with Crippen LogP contribution < -0.4 is 22.0 Å². The predicted octanol–water partition coefficient (Wildman–Crippen LogP) is 2.56. The first-order valence-electron chi connectivity index (χ1n) is 9.67. The van der Waals surface area contributed by atoms with Crippen LogP contribution in [0.2, 0.25) is 0 Å². The third kappa shape index (κ3) is 3.11. The van der Waals surface area contributed by atoms with Gasteiger partial charge in [0.05, 0.1) is 22.1 Å². The Balaban J connectivity index is 1.56. The number of anilines is 1. The van der Waals surface area contributed by atoms with Crippen LogP contribution in [0.5, 0.6) is 0 Å². The van der Waals surface area contributed by atoms with E-state index in [-0.39, 0.29) is 10.9 Å². The lowest BCUT2D eigenvalue weighted by atomic mass is 10.1. The summed E-state index contributed by atoms with van der Waals surface area (Å²) in [7, 11) is 0. The van der Waals surface area contributed by atoms with E-state index in [1.54, 1.807) is 6.07 Å². The third-order valence-electron chi connectivity index (χ3n) is 5.43. The van der Waals surface area contributed by atoms with Crippen LogP contribution in [0.15, 0.2) is 47.3 Å². The van der Waals surface area contributed by atoms with Crippen molar-refractivity contribution in [2.45, 2.75) is 18.9 Å². The number of imidazole rings is 1. The molecule has 3 heterocycles. The van der Waals surface area contributed by atoms with Gasteiger partial charge in [-0.1, -0.05) is 6.07 Å². The van der Waals surface area contributed by atoms with Crippen LogP contribution in [-0.2, 0) is 0 Å². The second-order valence-corrected chi connectivity index (χ2v) is 7.41. The molecule has 148 valence electrons. The van der Waals surface area contributed by atoms with Gasteiger partial charge in [-0.05, 0) is 55.8 Å². The average molecular weight is 392 g/mol. The molecule has 1 aliphatic heterocycles. The molecule has 5 rings (SSSR count). The number of aromatic amines is 1. The van der Waals surface area contributed by atoms with Gasteiger partial charge in [-0.3, -0.25) is 4.79 Å². The van der Waals surface area contributed by atoms with Crippen molar-refractivity contribution in [2.75, 3.05) is 24.2 Å². The minimum atomic E-state index is -0.438. The molecule has 0 bridgehead atoms. The van der Waals surface area contributed by atoms with Crippen molar-refractivity contribution in [1.82, 2.24) is 20.0 Å². The highest BCUT2D eigenvalue weighted by Crippen LogP contribution is 2.25. The van der Waals surface area contributed by atoms with Gasteiger partial charge in [-0.15, -0.1) is 0 Å². The molecule has 5 N–H and O–H groups in total. The number of nitrogens with zero attached hydrogens (tertiary/aromatic N) is 2. The number of hydrogen-bond acceptors (Lipinski definition) is 5. The van der Waals surface area contributed by atoms with Crippen molar-refractivity contribution in [3.05, 3.63) is 58.6 Å². The fourth-order valence-corrected chi connectivity index (χ4v) is 3.93.